The molecule has 2 aromatic carbocycles. The lowest BCUT2D eigenvalue weighted by Gasteiger charge is -2.21. The van der Waals surface area contributed by atoms with Gasteiger partial charge in [-0.15, -0.1) is 0 Å². The van der Waals surface area contributed by atoms with E-state index in [1.165, 1.54) is 0 Å². The molecule has 0 heterocycles. The second-order valence-corrected chi connectivity index (χ2v) is 7.70. The molecule has 0 saturated heterocycles. The van der Waals surface area contributed by atoms with E-state index < -0.39 is 0 Å². The molecule has 8 heteroatoms. The zero-order valence-corrected chi connectivity index (χ0v) is 17.9. The monoisotopic (exact) mass is 471 g/mol. The van der Waals surface area contributed by atoms with Gasteiger partial charge in [0.25, 0.3) is 0 Å². The van der Waals surface area contributed by atoms with Gasteiger partial charge in [-0.2, -0.15) is 0 Å². The minimum atomic E-state index is -0.246. The van der Waals surface area contributed by atoms with Crippen LogP contribution >= 0.6 is 39.1 Å². The molecule has 0 unspecified atom stereocenters. The first-order valence-corrected chi connectivity index (χ1v) is 9.95. The molecule has 2 N–H and O–H groups in total. The number of benzene rings is 2. The molecule has 144 valence electrons. The molecule has 0 radical (unpaired) electrons. The highest BCUT2D eigenvalue weighted by molar-refractivity contribution is 9.10. The first-order valence-electron chi connectivity index (χ1n) is 8.40. The molecule has 2 amide bonds. The highest BCUT2D eigenvalue weighted by atomic mass is 79.9. The third-order valence-corrected chi connectivity index (χ3v) is 4.68. The fourth-order valence-electron chi connectivity index (χ4n) is 2.45. The van der Waals surface area contributed by atoms with Crippen LogP contribution in [-0.4, -0.2) is 36.3 Å². The first-order chi connectivity index (χ1) is 12.9. The third kappa shape index (κ3) is 7.50. The Morgan fingerprint density at radius 2 is 1.63 bits per heavy atom. The number of carbonyl (C=O) groups excluding carboxylic acids is 2. The second kappa shape index (κ2) is 10.7. The van der Waals surface area contributed by atoms with Gasteiger partial charge in [0, 0.05) is 15.2 Å². The summed E-state index contributed by atoms with van der Waals surface area (Å²) in [6, 6.07) is 12.2. The highest BCUT2D eigenvalue weighted by Gasteiger charge is 2.15. The number of amides is 2. The molecule has 0 spiro atoms. The maximum atomic E-state index is 12.3. The average molecular weight is 473 g/mol. The summed E-state index contributed by atoms with van der Waals surface area (Å²) in [6.45, 7) is 2.81. The van der Waals surface area contributed by atoms with Crippen molar-refractivity contribution < 1.29 is 9.59 Å². The van der Waals surface area contributed by atoms with Crippen LogP contribution in [0.25, 0.3) is 0 Å². The van der Waals surface area contributed by atoms with Crippen molar-refractivity contribution in [2.45, 2.75) is 13.3 Å². The maximum Gasteiger partial charge on any atom is 0.238 e. The summed E-state index contributed by atoms with van der Waals surface area (Å²) in [5, 5.41) is 6.44. The molecule has 5 nitrogen and oxygen atoms in total. The summed E-state index contributed by atoms with van der Waals surface area (Å²) < 4.78 is 0.936. The fourth-order valence-corrected chi connectivity index (χ4v) is 3.17. The van der Waals surface area contributed by atoms with Crippen LogP contribution in [0.4, 0.5) is 11.4 Å². The van der Waals surface area contributed by atoms with Crippen LogP contribution in [0.2, 0.25) is 10.0 Å². The lowest BCUT2D eigenvalue weighted by Crippen LogP contribution is -2.39. The van der Waals surface area contributed by atoms with Gasteiger partial charge in [0.15, 0.2) is 0 Å². The number of nitrogens with zero attached hydrogens (tertiary/aromatic N) is 1. The topological polar surface area (TPSA) is 61.4 Å². The number of hydrogen-bond donors (Lipinski definition) is 2. The molecular weight excluding hydrogens is 453 g/mol. The molecule has 2 aromatic rings. The van der Waals surface area contributed by atoms with E-state index in [1.807, 2.05) is 19.1 Å². The molecule has 27 heavy (non-hydrogen) atoms. The van der Waals surface area contributed by atoms with Crippen molar-refractivity contribution in [1.29, 1.82) is 0 Å². The zero-order valence-electron chi connectivity index (χ0n) is 14.8. The summed E-state index contributed by atoms with van der Waals surface area (Å²) in [7, 11) is 0. The van der Waals surface area contributed by atoms with Crippen LogP contribution < -0.4 is 10.6 Å². The number of anilines is 2. The number of carbonyl (C=O) groups is 2. The van der Waals surface area contributed by atoms with E-state index in [4.69, 9.17) is 23.2 Å². The van der Waals surface area contributed by atoms with Gasteiger partial charge in [-0.25, -0.2) is 0 Å². The van der Waals surface area contributed by atoms with Crippen LogP contribution in [0, 0.1) is 0 Å². The molecule has 0 aliphatic rings. The molecular formula is C19H20BrCl2N3O2. The van der Waals surface area contributed by atoms with Crippen molar-refractivity contribution in [1.82, 2.24) is 4.90 Å². The van der Waals surface area contributed by atoms with Gasteiger partial charge in [0.05, 0.1) is 23.8 Å². The van der Waals surface area contributed by atoms with Gasteiger partial charge < -0.3 is 10.6 Å². The van der Waals surface area contributed by atoms with Gasteiger partial charge in [0.1, 0.15) is 0 Å². The Labute approximate surface area is 177 Å². The molecule has 0 atom stereocenters. The van der Waals surface area contributed by atoms with Gasteiger partial charge in [0.2, 0.25) is 11.8 Å². The Morgan fingerprint density at radius 3 is 2.22 bits per heavy atom. The van der Waals surface area contributed by atoms with E-state index in [-0.39, 0.29) is 24.9 Å². The van der Waals surface area contributed by atoms with Crippen molar-refractivity contribution in [2.24, 2.45) is 0 Å². The fraction of sp³-hybridized carbons (Fsp3) is 0.263. The normalized spacial score (nSPS) is 10.7. The van der Waals surface area contributed by atoms with Crippen molar-refractivity contribution >= 4 is 62.3 Å². The predicted molar refractivity (Wildman–Crippen MR) is 115 cm³/mol. The predicted octanol–water partition coefficient (Wildman–Crippen LogP) is 5.05. The summed E-state index contributed by atoms with van der Waals surface area (Å²) in [5.41, 5.74) is 1.19. The zero-order chi connectivity index (χ0) is 19.8. The second-order valence-electron chi connectivity index (χ2n) is 5.94. The van der Waals surface area contributed by atoms with Crippen molar-refractivity contribution in [3.63, 3.8) is 0 Å². The van der Waals surface area contributed by atoms with Crippen molar-refractivity contribution in [3.8, 4) is 0 Å². The Bertz CT molecular complexity index is 800. The third-order valence-electron chi connectivity index (χ3n) is 3.61. The summed E-state index contributed by atoms with van der Waals surface area (Å²) in [4.78, 5) is 26.4. The van der Waals surface area contributed by atoms with Gasteiger partial charge in [-0.1, -0.05) is 46.1 Å². The highest BCUT2D eigenvalue weighted by Crippen LogP contribution is 2.25. The molecule has 0 bridgehead atoms. The Morgan fingerprint density at radius 1 is 1.00 bits per heavy atom. The van der Waals surface area contributed by atoms with E-state index in [0.717, 1.165) is 10.9 Å². The van der Waals surface area contributed by atoms with Gasteiger partial charge in [-0.05, 0) is 55.4 Å². The van der Waals surface area contributed by atoms with Crippen LogP contribution in [0.1, 0.15) is 13.3 Å². The Balaban J connectivity index is 1.92. The summed E-state index contributed by atoms with van der Waals surface area (Å²) in [5.74, 6) is -0.424. The molecule has 0 saturated carbocycles. The van der Waals surface area contributed by atoms with E-state index in [9.17, 15) is 9.59 Å². The minimum absolute atomic E-state index is 0.0839. The Kier molecular flexibility index (Phi) is 8.57. The maximum absolute atomic E-state index is 12.3. The van der Waals surface area contributed by atoms with Gasteiger partial charge in [-0.3, -0.25) is 14.5 Å². The molecule has 0 aliphatic carbocycles. The largest absolute Gasteiger partial charge is 0.325 e. The number of hydrogen-bond acceptors (Lipinski definition) is 3. The van der Waals surface area contributed by atoms with E-state index in [2.05, 4.69) is 26.6 Å². The average Bonchev–Trinajstić information content (AvgIpc) is 2.59. The smallest absolute Gasteiger partial charge is 0.238 e. The molecule has 2 rings (SSSR count). The number of nitrogens with one attached hydrogen (secondary N) is 2. The van der Waals surface area contributed by atoms with E-state index >= 15 is 0 Å². The SMILES string of the molecule is CCCN(CC(=O)Nc1ccc(Br)cc1)CC(=O)Nc1ccc(Cl)cc1Cl. The quantitative estimate of drug-likeness (QED) is 0.565. The van der Waals surface area contributed by atoms with Crippen molar-refractivity contribution in [2.75, 3.05) is 30.3 Å². The van der Waals surface area contributed by atoms with E-state index in [1.54, 1.807) is 35.2 Å². The van der Waals surface area contributed by atoms with Gasteiger partial charge >= 0.3 is 0 Å². The first kappa shape index (κ1) is 21.7. The number of halogens is 3. The standard InChI is InChI=1S/C19H20BrCl2N3O2/c1-2-9-25(11-18(26)23-15-6-3-13(20)4-7-15)12-19(27)24-17-8-5-14(21)10-16(17)22/h3-8,10H,2,9,11-12H2,1H3,(H,23,26)(H,24,27). The van der Waals surface area contributed by atoms with Crippen LogP contribution in [0.15, 0.2) is 46.9 Å². The van der Waals surface area contributed by atoms with Crippen LogP contribution in [0.3, 0.4) is 0 Å². The molecule has 0 fully saturated rings. The summed E-state index contributed by atoms with van der Waals surface area (Å²) in [6.07, 6.45) is 0.820. The lowest BCUT2D eigenvalue weighted by molar-refractivity contribution is -0.120. The minimum Gasteiger partial charge on any atom is -0.325 e. The molecule has 0 aromatic heterocycles. The number of rotatable bonds is 8. The molecule has 0 aliphatic heterocycles. The van der Waals surface area contributed by atoms with Crippen LogP contribution in [0.5, 0.6) is 0 Å². The van der Waals surface area contributed by atoms with Crippen molar-refractivity contribution in [3.05, 3.63) is 57.0 Å². The van der Waals surface area contributed by atoms with Crippen LogP contribution in [-0.2, 0) is 9.59 Å². The Hall–Kier alpha value is -1.60. The van der Waals surface area contributed by atoms with E-state index in [0.29, 0.717) is 28.0 Å². The lowest BCUT2D eigenvalue weighted by atomic mass is 10.3. The summed E-state index contributed by atoms with van der Waals surface area (Å²) >= 11 is 15.3.